The average molecular weight is 257 g/mol. The molecular weight excluding hydrogens is 234 g/mol. The zero-order valence-corrected chi connectivity index (χ0v) is 12.2. The van der Waals surface area contributed by atoms with Gasteiger partial charge in [0.1, 0.15) is 0 Å². The molecule has 0 saturated carbocycles. The van der Waals surface area contributed by atoms with Crippen molar-refractivity contribution < 1.29 is 0 Å². The van der Waals surface area contributed by atoms with Gasteiger partial charge in [0.2, 0.25) is 0 Å². The summed E-state index contributed by atoms with van der Waals surface area (Å²) >= 11 is 4.21. The first-order valence-electron chi connectivity index (χ1n) is 6.13. The highest BCUT2D eigenvalue weighted by molar-refractivity contribution is 8.07. The largest absolute Gasteiger partial charge is 0.312 e. The number of rotatable bonds is 5. The molecule has 4 unspecified atom stereocenters. The smallest absolute Gasteiger partial charge is 0.0304 e. The van der Waals surface area contributed by atoms with Gasteiger partial charge in [-0.25, -0.2) is 0 Å². The SMILES string of the molecule is C#CCC(NCCC)C1CSC(C)C(C)S1. The van der Waals surface area contributed by atoms with Crippen LogP contribution in [0.3, 0.4) is 0 Å². The third-order valence-electron chi connectivity index (χ3n) is 3.02. The van der Waals surface area contributed by atoms with Crippen molar-refractivity contribution >= 4 is 23.5 Å². The zero-order valence-electron chi connectivity index (χ0n) is 10.5. The van der Waals surface area contributed by atoms with Gasteiger partial charge in [0.25, 0.3) is 0 Å². The fourth-order valence-corrected chi connectivity index (χ4v) is 4.94. The molecule has 92 valence electrons. The van der Waals surface area contributed by atoms with E-state index >= 15 is 0 Å². The molecule has 1 saturated heterocycles. The van der Waals surface area contributed by atoms with E-state index in [9.17, 15) is 0 Å². The molecule has 1 nitrogen and oxygen atoms in total. The second-order valence-corrected chi connectivity index (χ2v) is 7.42. The van der Waals surface area contributed by atoms with E-state index in [1.54, 1.807) is 0 Å². The maximum absolute atomic E-state index is 5.46. The quantitative estimate of drug-likeness (QED) is 0.761. The summed E-state index contributed by atoms with van der Waals surface area (Å²) in [5.41, 5.74) is 0. The molecule has 0 aliphatic carbocycles. The molecule has 1 heterocycles. The van der Waals surface area contributed by atoms with Crippen molar-refractivity contribution in [2.45, 2.75) is 55.4 Å². The lowest BCUT2D eigenvalue weighted by Crippen LogP contribution is -2.43. The van der Waals surface area contributed by atoms with Crippen molar-refractivity contribution in [3.63, 3.8) is 0 Å². The molecule has 1 rings (SSSR count). The van der Waals surface area contributed by atoms with Crippen LogP contribution in [-0.2, 0) is 0 Å². The van der Waals surface area contributed by atoms with Gasteiger partial charge in [-0.1, -0.05) is 20.8 Å². The van der Waals surface area contributed by atoms with Gasteiger partial charge < -0.3 is 5.32 Å². The Bertz CT molecular complexity index is 237. The van der Waals surface area contributed by atoms with Gasteiger partial charge in [-0.2, -0.15) is 23.5 Å². The Kier molecular flexibility index (Phi) is 6.72. The minimum atomic E-state index is 0.498. The van der Waals surface area contributed by atoms with E-state index in [0.29, 0.717) is 11.3 Å². The van der Waals surface area contributed by atoms with E-state index in [1.165, 1.54) is 12.2 Å². The number of thioether (sulfide) groups is 2. The molecule has 1 N–H and O–H groups in total. The first kappa shape index (κ1) is 14.3. The molecule has 1 aliphatic heterocycles. The van der Waals surface area contributed by atoms with E-state index in [0.717, 1.165) is 23.5 Å². The summed E-state index contributed by atoms with van der Waals surface area (Å²) in [7, 11) is 0. The molecule has 0 aromatic heterocycles. The first-order valence-corrected chi connectivity index (χ1v) is 8.12. The molecule has 3 heteroatoms. The molecular formula is C13H23NS2. The third-order valence-corrected chi connectivity index (χ3v) is 6.57. The molecule has 4 atom stereocenters. The highest BCUT2D eigenvalue weighted by Gasteiger charge is 2.30. The fraction of sp³-hybridized carbons (Fsp3) is 0.846. The van der Waals surface area contributed by atoms with Crippen LogP contribution < -0.4 is 5.32 Å². The van der Waals surface area contributed by atoms with Crippen LogP contribution >= 0.6 is 23.5 Å². The monoisotopic (exact) mass is 257 g/mol. The lowest BCUT2D eigenvalue weighted by Gasteiger charge is -2.35. The number of hydrogen-bond acceptors (Lipinski definition) is 3. The number of terminal acetylenes is 1. The summed E-state index contributed by atoms with van der Waals surface area (Å²) < 4.78 is 0. The van der Waals surface area contributed by atoms with Gasteiger partial charge in [0.05, 0.1) is 0 Å². The van der Waals surface area contributed by atoms with Crippen LogP contribution in [0.25, 0.3) is 0 Å². The molecule has 0 aromatic rings. The lowest BCUT2D eigenvalue weighted by molar-refractivity contribution is 0.516. The summed E-state index contributed by atoms with van der Waals surface area (Å²) in [6.45, 7) is 7.95. The molecule has 0 radical (unpaired) electrons. The summed E-state index contributed by atoms with van der Waals surface area (Å²) in [4.78, 5) is 0. The van der Waals surface area contributed by atoms with E-state index < -0.39 is 0 Å². The van der Waals surface area contributed by atoms with Crippen LogP contribution in [-0.4, -0.2) is 34.1 Å². The van der Waals surface area contributed by atoms with Gasteiger partial charge >= 0.3 is 0 Å². The second kappa shape index (κ2) is 7.53. The lowest BCUT2D eigenvalue weighted by atomic mass is 10.1. The first-order chi connectivity index (χ1) is 7.69. The van der Waals surface area contributed by atoms with Crippen LogP contribution in [0.4, 0.5) is 0 Å². The Morgan fingerprint density at radius 2 is 2.19 bits per heavy atom. The van der Waals surface area contributed by atoms with Gasteiger partial charge in [-0.05, 0) is 13.0 Å². The van der Waals surface area contributed by atoms with Gasteiger partial charge in [0, 0.05) is 34.0 Å². The molecule has 16 heavy (non-hydrogen) atoms. The Hall–Kier alpha value is 0.220. The number of nitrogens with one attached hydrogen (secondary N) is 1. The maximum Gasteiger partial charge on any atom is 0.0304 e. The molecule has 1 aliphatic rings. The average Bonchev–Trinajstić information content (AvgIpc) is 2.28. The zero-order chi connectivity index (χ0) is 12.0. The summed E-state index contributed by atoms with van der Waals surface area (Å²) in [5, 5.41) is 5.80. The predicted octanol–water partition coefficient (Wildman–Crippen LogP) is 3.00. The van der Waals surface area contributed by atoms with Crippen LogP contribution in [0.1, 0.15) is 33.6 Å². The highest BCUT2D eigenvalue weighted by Crippen LogP contribution is 2.37. The van der Waals surface area contributed by atoms with E-state index in [2.05, 4.69) is 55.5 Å². The van der Waals surface area contributed by atoms with Crippen LogP contribution in [0.2, 0.25) is 0 Å². The fourth-order valence-electron chi connectivity index (χ4n) is 1.81. The van der Waals surface area contributed by atoms with Gasteiger partial charge in [-0.3, -0.25) is 0 Å². The number of hydrogen-bond donors (Lipinski definition) is 1. The van der Waals surface area contributed by atoms with Crippen molar-refractivity contribution in [2.24, 2.45) is 0 Å². The highest BCUT2D eigenvalue weighted by atomic mass is 32.2. The van der Waals surface area contributed by atoms with E-state index in [1.807, 2.05) is 0 Å². The third kappa shape index (κ3) is 4.24. The van der Waals surface area contributed by atoms with Crippen LogP contribution in [0.5, 0.6) is 0 Å². The summed E-state index contributed by atoms with van der Waals surface area (Å²) in [6.07, 6.45) is 7.50. The van der Waals surface area contributed by atoms with Crippen LogP contribution in [0, 0.1) is 12.3 Å². The maximum atomic E-state index is 5.46. The van der Waals surface area contributed by atoms with Gasteiger partial charge in [0.15, 0.2) is 0 Å². The standard InChI is InChI=1S/C13H23NS2/c1-5-7-12(14-8-6-2)13-9-15-10(3)11(4)16-13/h1,10-14H,6-9H2,2-4H3. The van der Waals surface area contributed by atoms with Crippen molar-refractivity contribution in [1.29, 1.82) is 0 Å². The predicted molar refractivity (Wildman–Crippen MR) is 78.3 cm³/mol. The van der Waals surface area contributed by atoms with E-state index in [-0.39, 0.29) is 0 Å². The Morgan fingerprint density at radius 3 is 2.75 bits per heavy atom. The Morgan fingerprint density at radius 1 is 1.44 bits per heavy atom. The normalized spacial score (nSPS) is 32.0. The van der Waals surface area contributed by atoms with Crippen molar-refractivity contribution in [1.82, 2.24) is 5.32 Å². The molecule has 0 bridgehead atoms. The van der Waals surface area contributed by atoms with Crippen molar-refractivity contribution in [2.75, 3.05) is 12.3 Å². The summed E-state index contributed by atoms with van der Waals surface area (Å²) in [5.74, 6) is 4.05. The van der Waals surface area contributed by atoms with Crippen LogP contribution in [0.15, 0.2) is 0 Å². The Balaban J connectivity index is 2.47. The summed E-state index contributed by atoms with van der Waals surface area (Å²) in [6, 6.07) is 0.498. The second-order valence-electron chi connectivity index (χ2n) is 4.39. The van der Waals surface area contributed by atoms with Crippen molar-refractivity contribution in [3.8, 4) is 12.3 Å². The minimum Gasteiger partial charge on any atom is -0.312 e. The minimum absolute atomic E-state index is 0.498. The molecule has 0 aromatic carbocycles. The van der Waals surface area contributed by atoms with E-state index in [4.69, 9.17) is 6.42 Å². The Labute approximate surface area is 109 Å². The van der Waals surface area contributed by atoms with Gasteiger partial charge in [-0.15, -0.1) is 12.3 Å². The molecule has 0 spiro atoms. The molecule has 0 amide bonds. The molecule has 1 fully saturated rings. The van der Waals surface area contributed by atoms with Crippen molar-refractivity contribution in [3.05, 3.63) is 0 Å². The topological polar surface area (TPSA) is 12.0 Å².